The average Bonchev–Trinajstić information content (AvgIpc) is 2.85. The van der Waals surface area contributed by atoms with Gasteiger partial charge in [-0.05, 0) is 43.0 Å². The molecule has 3 rings (SSSR count). The quantitative estimate of drug-likeness (QED) is 0.567. The van der Waals surface area contributed by atoms with Crippen LogP contribution in [0.15, 0.2) is 36.4 Å². The summed E-state index contributed by atoms with van der Waals surface area (Å²) < 4.78 is 16.6. The first-order valence-corrected chi connectivity index (χ1v) is 11.5. The second kappa shape index (κ2) is 11.2. The highest BCUT2D eigenvalue weighted by molar-refractivity contribution is 5.93. The third kappa shape index (κ3) is 5.18. The lowest BCUT2D eigenvalue weighted by atomic mass is 10.00. The van der Waals surface area contributed by atoms with Crippen molar-refractivity contribution in [3.05, 3.63) is 47.5 Å². The Morgan fingerprint density at radius 3 is 2.12 bits per heavy atom. The number of carbonyl (C=O) groups is 1. The predicted molar refractivity (Wildman–Crippen MR) is 128 cm³/mol. The minimum Gasteiger partial charge on any atom is -0.493 e. The van der Waals surface area contributed by atoms with Gasteiger partial charge < -0.3 is 19.1 Å². The minimum absolute atomic E-state index is 0.189. The van der Waals surface area contributed by atoms with E-state index in [9.17, 15) is 4.79 Å². The van der Waals surface area contributed by atoms with Crippen molar-refractivity contribution in [1.82, 2.24) is 4.90 Å². The van der Waals surface area contributed by atoms with Crippen LogP contribution in [0, 0.1) is 0 Å². The van der Waals surface area contributed by atoms with Crippen molar-refractivity contribution in [3.8, 4) is 17.2 Å². The number of nitrogens with zero attached hydrogens (tertiary/aromatic N) is 2. The Morgan fingerprint density at radius 2 is 1.59 bits per heavy atom. The van der Waals surface area contributed by atoms with Gasteiger partial charge in [-0.25, -0.2) is 0 Å². The zero-order valence-corrected chi connectivity index (χ0v) is 20.0. The Hall–Kier alpha value is -2.73. The number of hydrogen-bond acceptors (Lipinski definition) is 5. The van der Waals surface area contributed by atoms with E-state index in [4.69, 9.17) is 14.2 Å². The summed E-state index contributed by atoms with van der Waals surface area (Å²) in [6.45, 7) is 6.69. The third-order valence-corrected chi connectivity index (χ3v) is 6.30. The molecule has 1 heterocycles. The largest absolute Gasteiger partial charge is 0.493 e. The third-order valence-electron chi connectivity index (χ3n) is 6.30. The van der Waals surface area contributed by atoms with Crippen molar-refractivity contribution in [2.45, 2.75) is 52.1 Å². The van der Waals surface area contributed by atoms with Crippen LogP contribution in [0.3, 0.4) is 0 Å². The van der Waals surface area contributed by atoms with Crippen LogP contribution in [-0.4, -0.2) is 51.3 Å². The van der Waals surface area contributed by atoms with Crippen molar-refractivity contribution in [2.75, 3.05) is 39.3 Å². The summed E-state index contributed by atoms with van der Waals surface area (Å²) >= 11 is 0. The molecule has 0 saturated carbocycles. The minimum atomic E-state index is 0.189. The molecule has 32 heavy (non-hydrogen) atoms. The number of rotatable bonds is 9. The molecule has 0 bridgehead atoms. The van der Waals surface area contributed by atoms with E-state index in [1.807, 2.05) is 24.0 Å². The molecule has 6 heteroatoms. The second-order valence-electron chi connectivity index (χ2n) is 8.14. The number of hydrogen-bond donors (Lipinski definition) is 0. The molecule has 6 nitrogen and oxygen atoms in total. The summed E-state index contributed by atoms with van der Waals surface area (Å²) in [5.41, 5.74) is 3.37. The molecule has 0 aromatic heterocycles. The summed E-state index contributed by atoms with van der Waals surface area (Å²) in [6.07, 6.45) is 3.40. The Labute approximate surface area is 192 Å². The number of anilines is 1. The fourth-order valence-electron chi connectivity index (χ4n) is 4.49. The van der Waals surface area contributed by atoms with E-state index in [1.54, 1.807) is 21.3 Å². The average molecular weight is 441 g/mol. The molecule has 0 atom stereocenters. The van der Waals surface area contributed by atoms with E-state index < -0.39 is 0 Å². The van der Waals surface area contributed by atoms with Gasteiger partial charge in [-0.15, -0.1) is 0 Å². The highest BCUT2D eigenvalue weighted by Gasteiger charge is 2.29. The topological polar surface area (TPSA) is 51.2 Å². The smallest absolute Gasteiger partial charge is 0.226 e. The van der Waals surface area contributed by atoms with Gasteiger partial charge in [0.25, 0.3) is 0 Å². The van der Waals surface area contributed by atoms with Crippen LogP contribution in [0.5, 0.6) is 17.2 Å². The van der Waals surface area contributed by atoms with Gasteiger partial charge in [0, 0.05) is 43.3 Å². The number of aryl methyl sites for hydroxylation is 1. The van der Waals surface area contributed by atoms with E-state index in [0.29, 0.717) is 23.7 Å². The van der Waals surface area contributed by atoms with Crippen LogP contribution in [0.1, 0.15) is 44.2 Å². The fraction of sp³-hybridized carbons (Fsp3) is 0.500. The fourth-order valence-corrected chi connectivity index (χ4v) is 4.49. The number of methoxy groups -OCH3 is 3. The Morgan fingerprint density at radius 1 is 0.938 bits per heavy atom. The summed E-state index contributed by atoms with van der Waals surface area (Å²) in [4.78, 5) is 17.3. The zero-order chi connectivity index (χ0) is 23.1. The normalized spacial score (nSPS) is 14.8. The molecule has 0 spiro atoms. The number of piperidine rings is 1. The maximum atomic E-state index is 12.8. The lowest BCUT2D eigenvalue weighted by molar-refractivity contribution is -0.119. The first-order valence-electron chi connectivity index (χ1n) is 11.5. The molecule has 174 valence electrons. The highest BCUT2D eigenvalue weighted by atomic mass is 16.5. The van der Waals surface area contributed by atoms with Crippen LogP contribution in [0.4, 0.5) is 5.69 Å². The number of benzene rings is 2. The van der Waals surface area contributed by atoms with Gasteiger partial charge in [0.2, 0.25) is 11.7 Å². The molecule has 1 aliphatic heterocycles. The molecule has 0 N–H and O–H groups in total. The van der Waals surface area contributed by atoms with Crippen molar-refractivity contribution in [1.29, 1.82) is 0 Å². The summed E-state index contributed by atoms with van der Waals surface area (Å²) in [5.74, 6) is 2.19. The molecule has 0 unspecified atom stereocenters. The van der Waals surface area contributed by atoms with Gasteiger partial charge in [0.05, 0.1) is 21.3 Å². The van der Waals surface area contributed by atoms with Gasteiger partial charge in [0.1, 0.15) is 0 Å². The molecule has 1 aliphatic rings. The first kappa shape index (κ1) is 23.9. The van der Waals surface area contributed by atoms with Crippen LogP contribution in [0.25, 0.3) is 0 Å². The Bertz CT molecular complexity index is 889. The number of ether oxygens (including phenoxy) is 3. The zero-order valence-electron chi connectivity index (χ0n) is 20.0. The monoisotopic (exact) mass is 440 g/mol. The van der Waals surface area contributed by atoms with Crippen LogP contribution >= 0.6 is 0 Å². The van der Waals surface area contributed by atoms with Crippen LogP contribution in [0.2, 0.25) is 0 Å². The van der Waals surface area contributed by atoms with Gasteiger partial charge in [-0.3, -0.25) is 9.69 Å². The number of amides is 1. The van der Waals surface area contributed by atoms with Gasteiger partial charge >= 0.3 is 0 Å². The van der Waals surface area contributed by atoms with Crippen molar-refractivity contribution < 1.29 is 19.0 Å². The maximum Gasteiger partial charge on any atom is 0.226 e. The van der Waals surface area contributed by atoms with Crippen molar-refractivity contribution in [2.24, 2.45) is 0 Å². The van der Waals surface area contributed by atoms with E-state index in [-0.39, 0.29) is 11.9 Å². The molecule has 2 aromatic rings. The molecular formula is C26H36N2O4. The highest BCUT2D eigenvalue weighted by Crippen LogP contribution is 2.40. The number of likely N-dealkylation sites (tertiary alicyclic amines) is 1. The van der Waals surface area contributed by atoms with Crippen LogP contribution < -0.4 is 19.1 Å². The molecule has 2 aromatic carbocycles. The van der Waals surface area contributed by atoms with E-state index in [0.717, 1.165) is 50.1 Å². The molecule has 1 fully saturated rings. The second-order valence-corrected chi connectivity index (χ2v) is 8.14. The Balaban J connectivity index is 1.71. The molecular weight excluding hydrogens is 404 g/mol. The molecule has 1 saturated heterocycles. The maximum absolute atomic E-state index is 12.8. The standard InChI is InChI=1S/C26H36N2O4/c1-6-19-8-11-21(12-9-19)28(24(29)7-2)22-14-16-27(17-15-22)18-20-10-13-23(30-3)26(32-5)25(20)31-4/h8-13,22H,6-7,14-18H2,1-5H3. The van der Waals surface area contributed by atoms with E-state index in [2.05, 4.69) is 36.1 Å². The molecule has 0 aliphatic carbocycles. The molecule has 1 amide bonds. The van der Waals surface area contributed by atoms with Crippen molar-refractivity contribution >= 4 is 11.6 Å². The summed E-state index contributed by atoms with van der Waals surface area (Å²) in [7, 11) is 4.91. The predicted octanol–water partition coefficient (Wildman–Crippen LogP) is 4.68. The first-order chi connectivity index (χ1) is 15.6. The van der Waals surface area contributed by atoms with E-state index >= 15 is 0 Å². The lowest BCUT2D eigenvalue weighted by Crippen LogP contribution is -2.47. The SMILES string of the molecule is CCC(=O)N(c1ccc(CC)cc1)C1CCN(Cc2ccc(OC)c(OC)c2OC)CC1. The van der Waals surface area contributed by atoms with E-state index in [1.165, 1.54) is 5.56 Å². The lowest BCUT2D eigenvalue weighted by Gasteiger charge is -2.39. The molecule has 0 radical (unpaired) electrons. The number of carbonyl (C=O) groups excluding carboxylic acids is 1. The van der Waals surface area contributed by atoms with Gasteiger partial charge in [-0.2, -0.15) is 0 Å². The van der Waals surface area contributed by atoms with Gasteiger partial charge in [0.15, 0.2) is 11.5 Å². The van der Waals surface area contributed by atoms with Gasteiger partial charge in [-0.1, -0.05) is 32.0 Å². The Kier molecular flexibility index (Phi) is 8.39. The van der Waals surface area contributed by atoms with Crippen LogP contribution in [-0.2, 0) is 17.8 Å². The summed E-state index contributed by atoms with van der Waals surface area (Å²) in [5, 5.41) is 0. The van der Waals surface area contributed by atoms with Crippen molar-refractivity contribution in [3.63, 3.8) is 0 Å². The summed E-state index contributed by atoms with van der Waals surface area (Å²) in [6, 6.07) is 12.6.